The second-order valence-corrected chi connectivity index (χ2v) is 8.56. The third-order valence-electron chi connectivity index (χ3n) is 5.39. The van der Waals surface area contributed by atoms with Gasteiger partial charge in [-0.15, -0.1) is 0 Å². The van der Waals surface area contributed by atoms with Crippen molar-refractivity contribution in [2.75, 3.05) is 65.6 Å². The average Bonchev–Trinajstić information content (AvgIpc) is 2.81. The van der Waals surface area contributed by atoms with Crippen molar-refractivity contribution in [1.82, 2.24) is 25.0 Å². The van der Waals surface area contributed by atoms with E-state index in [0.29, 0.717) is 11.4 Å². The lowest BCUT2D eigenvalue weighted by Crippen LogP contribution is -2.44. The van der Waals surface area contributed by atoms with E-state index >= 15 is 0 Å². The number of carboxylic acids is 3. The normalized spacial score (nSPS) is 16.7. The Morgan fingerprint density at radius 1 is 0.892 bits per heavy atom. The van der Waals surface area contributed by atoms with Gasteiger partial charge in [0.25, 0.3) is 5.91 Å². The molecule has 2 heterocycles. The third kappa shape index (κ3) is 11.5. The highest BCUT2D eigenvalue weighted by Crippen LogP contribution is 2.20. The summed E-state index contributed by atoms with van der Waals surface area (Å²) >= 11 is 0. The standard InChI is InChI=1S/C22H33N5O10/c28-13-16(29)7-23-19(30)14-37-18-2-1-15-8-26(11-21(33)34)5-3-25(10-20(31)32)4-6-27(12-22(35)36)9-17(18)24-15/h1-2,16,28-29H,3-14H2,(H,23,30)(H,31,32)(H,33,34)(H,35,36). The number of aromatic nitrogens is 1. The first-order valence-corrected chi connectivity index (χ1v) is 11.5. The van der Waals surface area contributed by atoms with Crippen molar-refractivity contribution in [3.05, 3.63) is 23.5 Å². The zero-order valence-corrected chi connectivity index (χ0v) is 20.3. The fraction of sp³-hybridized carbons (Fsp3) is 0.591. The Kier molecular flexibility index (Phi) is 12.1. The Morgan fingerprint density at radius 3 is 2.00 bits per heavy atom. The van der Waals surface area contributed by atoms with Gasteiger partial charge in [-0.3, -0.25) is 38.9 Å². The molecule has 0 aromatic carbocycles. The number of carbonyl (C=O) groups is 4. The van der Waals surface area contributed by atoms with E-state index in [4.69, 9.17) is 9.84 Å². The van der Waals surface area contributed by atoms with Crippen molar-refractivity contribution in [1.29, 1.82) is 0 Å². The highest BCUT2D eigenvalue weighted by atomic mass is 16.5. The Bertz CT molecular complexity index is 946. The predicted octanol–water partition coefficient (Wildman–Crippen LogP) is -2.90. The van der Waals surface area contributed by atoms with Crippen molar-refractivity contribution in [3.8, 4) is 5.75 Å². The molecule has 1 aliphatic rings. The van der Waals surface area contributed by atoms with Crippen LogP contribution in [0.5, 0.6) is 5.75 Å². The quantitative estimate of drug-likeness (QED) is 0.161. The van der Waals surface area contributed by atoms with E-state index < -0.39 is 43.1 Å². The number of nitrogens with zero attached hydrogens (tertiary/aromatic N) is 4. The number of hydrogen-bond acceptors (Lipinski definition) is 11. The summed E-state index contributed by atoms with van der Waals surface area (Å²) in [5.41, 5.74) is 0.808. The van der Waals surface area contributed by atoms with Crippen LogP contribution in [-0.2, 0) is 32.3 Å². The van der Waals surface area contributed by atoms with Crippen LogP contribution in [0.15, 0.2) is 12.1 Å². The van der Waals surface area contributed by atoms with Crippen LogP contribution < -0.4 is 10.1 Å². The molecule has 1 aliphatic heterocycles. The molecule has 0 fully saturated rings. The summed E-state index contributed by atoms with van der Waals surface area (Å²) in [6, 6.07) is 3.16. The fourth-order valence-corrected chi connectivity index (χ4v) is 3.64. The summed E-state index contributed by atoms with van der Waals surface area (Å²) in [4.78, 5) is 55.5. The lowest BCUT2D eigenvalue weighted by atomic mass is 10.2. The molecule has 1 atom stereocenters. The smallest absolute Gasteiger partial charge is 0.317 e. The minimum atomic E-state index is -1.11. The largest absolute Gasteiger partial charge is 0.482 e. The molecular formula is C22H33N5O10. The molecular weight excluding hydrogens is 494 g/mol. The summed E-state index contributed by atoms with van der Waals surface area (Å²) in [5, 5.41) is 48.5. The van der Waals surface area contributed by atoms with Gasteiger partial charge in [-0.05, 0) is 12.1 Å². The molecule has 1 amide bonds. The molecule has 1 aromatic rings. The minimum Gasteiger partial charge on any atom is -0.482 e. The van der Waals surface area contributed by atoms with Crippen molar-refractivity contribution in [3.63, 3.8) is 0 Å². The lowest BCUT2D eigenvalue weighted by molar-refractivity contribution is -0.140. The molecule has 1 aromatic heterocycles. The second kappa shape index (κ2) is 15.0. The minimum absolute atomic E-state index is 0.0140. The maximum atomic E-state index is 12.1. The van der Waals surface area contributed by atoms with Crippen LogP contribution in [0.4, 0.5) is 0 Å². The topological polar surface area (TPSA) is 213 Å². The van der Waals surface area contributed by atoms with Gasteiger partial charge >= 0.3 is 17.9 Å². The van der Waals surface area contributed by atoms with Crippen molar-refractivity contribution < 1.29 is 49.4 Å². The molecule has 0 saturated carbocycles. The monoisotopic (exact) mass is 527 g/mol. The van der Waals surface area contributed by atoms with Crippen LogP contribution in [0.3, 0.4) is 0 Å². The maximum absolute atomic E-state index is 12.1. The number of aliphatic hydroxyl groups is 2. The van der Waals surface area contributed by atoms with Crippen LogP contribution in [0.1, 0.15) is 11.4 Å². The first-order valence-electron chi connectivity index (χ1n) is 11.5. The Morgan fingerprint density at radius 2 is 1.43 bits per heavy atom. The fourth-order valence-electron chi connectivity index (χ4n) is 3.64. The number of pyridine rings is 1. The SMILES string of the molecule is O=C(O)CN1CCN(CC(=O)O)Cc2ccc(OCC(=O)NCC(O)CO)c(n2)CN(CC(=O)O)CC1. The highest BCUT2D eigenvalue weighted by molar-refractivity contribution is 5.77. The number of amides is 1. The first-order chi connectivity index (χ1) is 17.5. The number of carbonyl (C=O) groups excluding carboxylic acids is 1. The third-order valence-corrected chi connectivity index (χ3v) is 5.39. The van der Waals surface area contributed by atoms with E-state index in [-0.39, 0.29) is 71.2 Å². The van der Waals surface area contributed by atoms with Gasteiger partial charge in [0.15, 0.2) is 6.61 Å². The lowest BCUT2D eigenvalue weighted by Gasteiger charge is -2.29. The maximum Gasteiger partial charge on any atom is 0.317 e. The second-order valence-electron chi connectivity index (χ2n) is 8.56. The van der Waals surface area contributed by atoms with Crippen LogP contribution >= 0.6 is 0 Å². The number of ether oxygens (including phenoxy) is 1. The van der Waals surface area contributed by atoms with Gasteiger partial charge in [-0.1, -0.05) is 0 Å². The summed E-state index contributed by atoms with van der Waals surface area (Å²) in [7, 11) is 0. The van der Waals surface area contributed by atoms with E-state index in [9.17, 15) is 39.6 Å². The molecule has 2 rings (SSSR count). The number of nitrogens with one attached hydrogen (secondary N) is 1. The number of fused-ring (bicyclic) bond motifs is 2. The Labute approximate surface area is 212 Å². The first kappa shape index (κ1) is 29.9. The summed E-state index contributed by atoms with van der Waals surface area (Å²) in [6.07, 6.45) is -1.11. The number of aliphatic hydroxyl groups excluding tert-OH is 2. The van der Waals surface area contributed by atoms with Gasteiger partial charge in [0.05, 0.1) is 43.7 Å². The number of aliphatic carboxylic acids is 3. The van der Waals surface area contributed by atoms with Gasteiger partial charge in [0.2, 0.25) is 0 Å². The number of rotatable bonds is 12. The van der Waals surface area contributed by atoms with Gasteiger partial charge in [0.1, 0.15) is 5.75 Å². The molecule has 0 radical (unpaired) electrons. The van der Waals surface area contributed by atoms with Crippen molar-refractivity contribution >= 4 is 23.8 Å². The van der Waals surface area contributed by atoms with E-state index in [1.807, 2.05) is 0 Å². The van der Waals surface area contributed by atoms with Crippen LogP contribution in [0, 0.1) is 0 Å². The molecule has 15 heteroatoms. The summed E-state index contributed by atoms with van der Waals surface area (Å²) in [5.74, 6) is -3.56. The molecule has 0 spiro atoms. The average molecular weight is 528 g/mol. The number of hydrogen-bond donors (Lipinski definition) is 6. The van der Waals surface area contributed by atoms with Gasteiger partial charge in [0, 0.05) is 45.8 Å². The van der Waals surface area contributed by atoms with Crippen molar-refractivity contribution in [2.45, 2.75) is 19.2 Å². The molecule has 2 bridgehead atoms. The Balaban J connectivity index is 2.29. The van der Waals surface area contributed by atoms with E-state index in [0.717, 1.165) is 0 Å². The molecule has 15 nitrogen and oxygen atoms in total. The number of carboxylic acid groups (broad SMARTS) is 3. The van der Waals surface area contributed by atoms with E-state index in [1.54, 1.807) is 26.8 Å². The molecule has 0 saturated heterocycles. The van der Waals surface area contributed by atoms with Gasteiger partial charge in [-0.2, -0.15) is 0 Å². The van der Waals surface area contributed by atoms with E-state index in [1.165, 1.54) is 0 Å². The molecule has 37 heavy (non-hydrogen) atoms. The summed E-state index contributed by atoms with van der Waals surface area (Å²) in [6.45, 7) is -0.989. The molecule has 1 unspecified atom stereocenters. The zero-order valence-electron chi connectivity index (χ0n) is 20.3. The summed E-state index contributed by atoms with van der Waals surface area (Å²) < 4.78 is 5.60. The van der Waals surface area contributed by atoms with Crippen LogP contribution in [-0.4, -0.2) is 141 Å². The zero-order chi connectivity index (χ0) is 27.4. The van der Waals surface area contributed by atoms with Gasteiger partial charge < -0.3 is 35.6 Å². The molecule has 6 N–H and O–H groups in total. The molecule has 0 aliphatic carbocycles. The van der Waals surface area contributed by atoms with Crippen molar-refractivity contribution in [2.24, 2.45) is 0 Å². The highest BCUT2D eigenvalue weighted by Gasteiger charge is 2.21. The van der Waals surface area contributed by atoms with Crippen LogP contribution in [0.25, 0.3) is 0 Å². The van der Waals surface area contributed by atoms with Gasteiger partial charge in [-0.25, -0.2) is 0 Å². The predicted molar refractivity (Wildman–Crippen MR) is 126 cm³/mol. The Hall–Kier alpha value is -3.37. The molecule has 206 valence electrons. The van der Waals surface area contributed by atoms with E-state index in [2.05, 4.69) is 10.3 Å². The van der Waals surface area contributed by atoms with Crippen LogP contribution in [0.2, 0.25) is 0 Å².